The first-order valence-corrected chi connectivity index (χ1v) is 9.47. The fraction of sp³-hybridized carbons (Fsp3) is 0.238. The minimum Gasteiger partial charge on any atom is -0.464 e. The van der Waals surface area contributed by atoms with Crippen molar-refractivity contribution in [2.24, 2.45) is 0 Å². The van der Waals surface area contributed by atoms with Crippen molar-refractivity contribution in [3.63, 3.8) is 0 Å². The summed E-state index contributed by atoms with van der Waals surface area (Å²) >= 11 is 12.1. The third-order valence-electron chi connectivity index (χ3n) is 4.72. The highest BCUT2D eigenvalue weighted by atomic mass is 35.5. The largest absolute Gasteiger partial charge is 0.464 e. The molecule has 0 fully saturated rings. The maximum Gasteiger partial charge on any atom is 0.244 e. The van der Waals surface area contributed by atoms with Gasteiger partial charge in [-0.05, 0) is 37.1 Å². The molecular weight excluding hydrogens is 399 g/mol. The van der Waals surface area contributed by atoms with E-state index in [2.05, 4.69) is 5.32 Å². The van der Waals surface area contributed by atoms with E-state index in [1.807, 2.05) is 26.0 Å². The molecule has 146 valence electrons. The number of carbonyl (C=O) groups excluding carboxylic acids is 2. The molecule has 2 amide bonds. The summed E-state index contributed by atoms with van der Waals surface area (Å²) in [6, 6.07) is 8.91. The number of hydrogen-bond donors (Lipinski definition) is 1. The quantitative estimate of drug-likeness (QED) is 0.634. The molecule has 3 aromatic rings. The Kier molecular flexibility index (Phi) is 5.96. The summed E-state index contributed by atoms with van der Waals surface area (Å²) in [7, 11) is 1.58. The van der Waals surface area contributed by atoms with Crippen LogP contribution in [0, 0.1) is 13.8 Å². The molecule has 2 aromatic carbocycles. The molecule has 0 bridgehead atoms. The summed E-state index contributed by atoms with van der Waals surface area (Å²) in [5, 5.41) is 4.24. The van der Waals surface area contributed by atoms with E-state index in [9.17, 15) is 9.59 Å². The van der Waals surface area contributed by atoms with Crippen molar-refractivity contribution in [1.82, 2.24) is 4.90 Å². The van der Waals surface area contributed by atoms with Crippen molar-refractivity contribution >= 4 is 51.7 Å². The molecule has 5 nitrogen and oxygen atoms in total. The fourth-order valence-electron chi connectivity index (χ4n) is 2.92. The molecule has 0 atom stereocenters. The van der Waals surface area contributed by atoms with Gasteiger partial charge in [-0.2, -0.15) is 0 Å². The number of rotatable bonds is 5. The van der Waals surface area contributed by atoms with Crippen LogP contribution in [-0.4, -0.2) is 30.3 Å². The predicted octanol–water partition coefficient (Wildman–Crippen LogP) is 5.00. The second-order valence-electron chi connectivity index (χ2n) is 6.72. The zero-order valence-corrected chi connectivity index (χ0v) is 17.3. The fourth-order valence-corrected chi connectivity index (χ4v) is 3.41. The molecule has 0 aliphatic carbocycles. The van der Waals surface area contributed by atoms with Crippen molar-refractivity contribution in [1.29, 1.82) is 0 Å². The minimum atomic E-state index is -0.380. The number of carbonyl (C=O) groups is 2. The van der Waals surface area contributed by atoms with E-state index in [1.165, 1.54) is 4.90 Å². The Morgan fingerprint density at radius 3 is 2.46 bits per heavy atom. The lowest BCUT2D eigenvalue weighted by Gasteiger charge is -2.17. The molecule has 0 saturated carbocycles. The Bertz CT molecular complexity index is 1040. The van der Waals surface area contributed by atoms with Gasteiger partial charge in [0.25, 0.3) is 0 Å². The van der Waals surface area contributed by atoms with E-state index in [0.29, 0.717) is 15.7 Å². The number of para-hydroxylation sites is 1. The van der Waals surface area contributed by atoms with Gasteiger partial charge in [-0.25, -0.2) is 0 Å². The first-order valence-electron chi connectivity index (χ1n) is 8.72. The molecule has 7 heteroatoms. The average Bonchev–Trinajstić information content (AvgIpc) is 3.04. The minimum absolute atomic E-state index is 0.117. The predicted molar refractivity (Wildman–Crippen MR) is 112 cm³/mol. The summed E-state index contributed by atoms with van der Waals surface area (Å²) in [4.78, 5) is 26.2. The monoisotopic (exact) mass is 418 g/mol. The van der Waals surface area contributed by atoms with Gasteiger partial charge in [0.2, 0.25) is 11.8 Å². The highest BCUT2D eigenvalue weighted by molar-refractivity contribution is 6.39. The summed E-state index contributed by atoms with van der Waals surface area (Å²) in [5.41, 5.74) is 4.11. The van der Waals surface area contributed by atoms with Crippen LogP contribution in [0.5, 0.6) is 0 Å². The normalized spacial score (nSPS) is 10.9. The number of furan rings is 1. The zero-order chi connectivity index (χ0) is 20.4. The number of amides is 2. The molecule has 0 saturated heterocycles. The van der Waals surface area contributed by atoms with E-state index in [0.717, 1.165) is 27.7 Å². The van der Waals surface area contributed by atoms with Crippen LogP contribution in [0.3, 0.4) is 0 Å². The summed E-state index contributed by atoms with van der Waals surface area (Å²) in [5.74, 6) is -0.573. The third-order valence-corrected chi connectivity index (χ3v) is 5.35. The Balaban J connectivity index is 1.67. The van der Waals surface area contributed by atoms with Crippen molar-refractivity contribution in [2.45, 2.75) is 20.3 Å². The van der Waals surface area contributed by atoms with Crippen molar-refractivity contribution in [3.8, 4) is 0 Å². The second kappa shape index (κ2) is 8.25. The van der Waals surface area contributed by atoms with Gasteiger partial charge in [0.15, 0.2) is 0 Å². The van der Waals surface area contributed by atoms with Gasteiger partial charge in [-0.1, -0.05) is 41.4 Å². The zero-order valence-electron chi connectivity index (χ0n) is 15.8. The lowest BCUT2D eigenvalue weighted by atomic mass is 10.0. The van der Waals surface area contributed by atoms with Crippen LogP contribution in [0.2, 0.25) is 10.0 Å². The van der Waals surface area contributed by atoms with Gasteiger partial charge in [-0.15, -0.1) is 0 Å². The van der Waals surface area contributed by atoms with Gasteiger partial charge in [0, 0.05) is 18.0 Å². The van der Waals surface area contributed by atoms with Gasteiger partial charge in [-0.3, -0.25) is 9.59 Å². The van der Waals surface area contributed by atoms with E-state index < -0.39 is 0 Å². The van der Waals surface area contributed by atoms with Gasteiger partial charge in [0.05, 0.1) is 35.0 Å². The Hall–Kier alpha value is -2.50. The molecule has 0 unspecified atom stereocenters. The Morgan fingerprint density at radius 2 is 1.79 bits per heavy atom. The van der Waals surface area contributed by atoms with Crippen LogP contribution >= 0.6 is 23.2 Å². The van der Waals surface area contributed by atoms with Crippen LogP contribution in [-0.2, 0) is 16.0 Å². The average molecular weight is 419 g/mol. The third kappa shape index (κ3) is 4.16. The smallest absolute Gasteiger partial charge is 0.244 e. The molecular formula is C21H20Cl2N2O3. The lowest BCUT2D eigenvalue weighted by molar-refractivity contribution is -0.132. The van der Waals surface area contributed by atoms with E-state index >= 15 is 0 Å². The maximum absolute atomic E-state index is 12.6. The van der Waals surface area contributed by atoms with Crippen LogP contribution < -0.4 is 5.32 Å². The molecule has 0 aliphatic rings. The number of nitrogens with one attached hydrogen (secondary N) is 1. The first kappa shape index (κ1) is 20.2. The number of hydrogen-bond acceptors (Lipinski definition) is 3. The number of nitrogens with zero attached hydrogens (tertiary/aromatic N) is 1. The van der Waals surface area contributed by atoms with E-state index in [1.54, 1.807) is 31.5 Å². The lowest BCUT2D eigenvalue weighted by Crippen LogP contribution is -2.35. The van der Waals surface area contributed by atoms with Crippen molar-refractivity contribution < 1.29 is 14.0 Å². The van der Waals surface area contributed by atoms with E-state index in [4.69, 9.17) is 27.6 Å². The van der Waals surface area contributed by atoms with Gasteiger partial charge in [0.1, 0.15) is 5.58 Å². The second-order valence-corrected chi connectivity index (χ2v) is 7.53. The van der Waals surface area contributed by atoms with Gasteiger partial charge >= 0.3 is 0 Å². The molecule has 1 heterocycles. The molecule has 0 spiro atoms. The van der Waals surface area contributed by atoms with Crippen molar-refractivity contribution in [2.75, 3.05) is 18.9 Å². The van der Waals surface area contributed by atoms with E-state index in [-0.39, 0.29) is 24.8 Å². The SMILES string of the molecule is Cc1ccc2c(CC(=O)N(C)CC(=O)Nc3c(Cl)cccc3Cl)coc2c1C. The standard InChI is InChI=1S/C21H20Cl2N2O3/c1-12-7-8-15-14(11-28-21(15)13(12)2)9-19(27)25(3)10-18(26)24-20-16(22)5-4-6-17(20)23/h4-8,11H,9-10H2,1-3H3,(H,24,26). The Labute approximate surface area is 173 Å². The summed E-state index contributed by atoms with van der Waals surface area (Å²) in [6.45, 7) is 3.89. The summed E-state index contributed by atoms with van der Waals surface area (Å²) < 4.78 is 5.65. The number of fused-ring (bicyclic) bond motifs is 1. The number of benzene rings is 2. The topological polar surface area (TPSA) is 62.6 Å². The van der Waals surface area contributed by atoms with Gasteiger partial charge < -0.3 is 14.6 Å². The molecule has 0 aliphatic heterocycles. The molecule has 1 N–H and O–H groups in total. The van der Waals surface area contributed by atoms with Crippen LogP contribution in [0.4, 0.5) is 5.69 Å². The highest BCUT2D eigenvalue weighted by Crippen LogP contribution is 2.30. The molecule has 3 rings (SSSR count). The number of aryl methyl sites for hydroxylation is 2. The van der Waals surface area contributed by atoms with Crippen LogP contribution in [0.1, 0.15) is 16.7 Å². The van der Waals surface area contributed by atoms with Crippen LogP contribution in [0.25, 0.3) is 11.0 Å². The first-order chi connectivity index (χ1) is 13.3. The number of anilines is 1. The highest BCUT2D eigenvalue weighted by Gasteiger charge is 2.18. The summed E-state index contributed by atoms with van der Waals surface area (Å²) in [6.07, 6.45) is 1.75. The van der Waals surface area contributed by atoms with Crippen molar-refractivity contribution in [3.05, 3.63) is 63.3 Å². The Morgan fingerprint density at radius 1 is 1.11 bits per heavy atom. The number of likely N-dealkylation sites (N-methyl/N-ethyl adjacent to an activating group) is 1. The maximum atomic E-state index is 12.6. The number of halogens is 2. The molecule has 28 heavy (non-hydrogen) atoms. The van der Waals surface area contributed by atoms with Crippen LogP contribution in [0.15, 0.2) is 41.0 Å². The molecule has 0 radical (unpaired) electrons. The molecule has 1 aromatic heterocycles.